The Morgan fingerprint density at radius 2 is 1.04 bits per heavy atom. The lowest BCUT2D eigenvalue weighted by Gasteiger charge is -2.46. The predicted molar refractivity (Wildman–Crippen MR) is 188 cm³/mol. The first kappa shape index (κ1) is 26.2. The molecule has 2 aliphatic rings. The first-order valence-electron chi connectivity index (χ1n) is 16.1. The average molecular weight is 575 g/mol. The van der Waals surface area contributed by atoms with Crippen LogP contribution in [0.25, 0.3) is 33.0 Å². The van der Waals surface area contributed by atoms with Gasteiger partial charge in [-0.1, -0.05) is 166 Å². The first-order valence-corrected chi connectivity index (χ1v) is 16.1. The Labute approximate surface area is 265 Å². The maximum absolute atomic E-state index is 2.49. The molecule has 0 aliphatic heterocycles. The predicted octanol–water partition coefficient (Wildman–Crippen LogP) is 11.1. The van der Waals surface area contributed by atoms with Gasteiger partial charge in [-0.25, -0.2) is 0 Å². The van der Waals surface area contributed by atoms with Gasteiger partial charge in [-0.15, -0.1) is 0 Å². The van der Waals surface area contributed by atoms with Gasteiger partial charge >= 0.3 is 0 Å². The van der Waals surface area contributed by atoms with Crippen molar-refractivity contribution in [2.45, 2.75) is 31.1 Å². The van der Waals surface area contributed by atoms with Crippen LogP contribution < -0.4 is 0 Å². The molecule has 0 N–H and O–H groups in total. The standard InChI is InChI=1S/C45H34/c1-44(2)38-21-8-10-23-40(38)45(41-24-11-9-22-39(41)44)37-27-26-32(35-20-12-17-31-16-6-7-19-34(31)35)29-36(37)43-33(18-13-25-42(43)45)28-30-14-4-3-5-15-30/h3-27,29H,28H2,1-2H3. The van der Waals surface area contributed by atoms with Crippen LogP contribution in [0.2, 0.25) is 0 Å². The molecule has 0 nitrogen and oxygen atoms in total. The van der Waals surface area contributed by atoms with Crippen LogP contribution in [0.3, 0.4) is 0 Å². The summed E-state index contributed by atoms with van der Waals surface area (Å²) in [5, 5.41) is 2.56. The minimum absolute atomic E-state index is 0.105. The Morgan fingerprint density at radius 3 is 1.80 bits per heavy atom. The molecule has 9 rings (SSSR count). The summed E-state index contributed by atoms with van der Waals surface area (Å²) in [7, 11) is 0. The molecule has 0 atom stereocenters. The molecule has 0 fully saturated rings. The molecule has 45 heavy (non-hydrogen) atoms. The molecule has 0 saturated heterocycles. The van der Waals surface area contributed by atoms with Gasteiger partial charge in [-0.2, -0.15) is 0 Å². The highest BCUT2D eigenvalue weighted by Crippen LogP contribution is 2.63. The fourth-order valence-electron chi connectivity index (χ4n) is 8.64. The molecule has 7 aromatic rings. The van der Waals surface area contributed by atoms with Gasteiger partial charge in [0.2, 0.25) is 0 Å². The zero-order valence-corrected chi connectivity index (χ0v) is 25.7. The number of rotatable bonds is 3. The second-order valence-corrected chi connectivity index (χ2v) is 13.3. The van der Waals surface area contributed by atoms with E-state index in [0.717, 1.165) is 6.42 Å². The van der Waals surface area contributed by atoms with Crippen molar-refractivity contribution in [3.05, 3.63) is 202 Å². The number of hydrogen-bond donors (Lipinski definition) is 0. The topological polar surface area (TPSA) is 0 Å². The molecule has 0 heteroatoms. The zero-order chi connectivity index (χ0) is 30.2. The van der Waals surface area contributed by atoms with E-state index in [4.69, 9.17) is 0 Å². The molecular weight excluding hydrogens is 540 g/mol. The van der Waals surface area contributed by atoms with E-state index in [2.05, 4.69) is 172 Å². The van der Waals surface area contributed by atoms with Crippen LogP contribution in [0.1, 0.15) is 58.4 Å². The Bertz CT molecular complexity index is 2210. The Hall–Kier alpha value is -5.20. The van der Waals surface area contributed by atoms with Crippen LogP contribution >= 0.6 is 0 Å². The summed E-state index contributed by atoms with van der Waals surface area (Å²) in [6.45, 7) is 4.79. The van der Waals surface area contributed by atoms with E-state index in [1.165, 1.54) is 77.5 Å². The van der Waals surface area contributed by atoms with Crippen molar-refractivity contribution in [2.24, 2.45) is 0 Å². The molecule has 1 spiro atoms. The highest BCUT2D eigenvalue weighted by molar-refractivity contribution is 5.99. The van der Waals surface area contributed by atoms with Crippen molar-refractivity contribution in [1.82, 2.24) is 0 Å². The summed E-state index contributed by atoms with van der Waals surface area (Å²) in [6, 6.07) is 59.2. The molecule has 0 saturated carbocycles. The maximum atomic E-state index is 2.49. The van der Waals surface area contributed by atoms with Gasteiger partial charge in [0.1, 0.15) is 0 Å². The van der Waals surface area contributed by atoms with E-state index >= 15 is 0 Å². The van der Waals surface area contributed by atoms with E-state index in [-0.39, 0.29) is 5.41 Å². The summed E-state index contributed by atoms with van der Waals surface area (Å²) in [5.74, 6) is 0. The van der Waals surface area contributed by atoms with Crippen LogP contribution in [-0.2, 0) is 17.3 Å². The van der Waals surface area contributed by atoms with E-state index in [1.54, 1.807) is 0 Å². The smallest absolute Gasteiger partial charge is 0.0622 e. The molecule has 0 amide bonds. The maximum Gasteiger partial charge on any atom is 0.0719 e. The van der Waals surface area contributed by atoms with E-state index in [0.29, 0.717) is 0 Å². The Kier molecular flexibility index (Phi) is 5.62. The van der Waals surface area contributed by atoms with Gasteiger partial charge in [0.05, 0.1) is 5.41 Å². The monoisotopic (exact) mass is 574 g/mol. The van der Waals surface area contributed by atoms with Crippen LogP contribution in [0.4, 0.5) is 0 Å². The summed E-state index contributed by atoms with van der Waals surface area (Å²) in [6.07, 6.45) is 0.896. The largest absolute Gasteiger partial charge is 0.0719 e. The Balaban J connectivity index is 1.40. The quantitative estimate of drug-likeness (QED) is 0.197. The second kappa shape index (κ2) is 9.65. The van der Waals surface area contributed by atoms with Crippen molar-refractivity contribution in [1.29, 1.82) is 0 Å². The molecule has 0 bridgehead atoms. The minimum Gasteiger partial charge on any atom is -0.0622 e. The molecular formula is C45H34. The van der Waals surface area contributed by atoms with Gasteiger partial charge in [-0.05, 0) is 90.0 Å². The molecule has 0 radical (unpaired) electrons. The first-order chi connectivity index (χ1) is 22.1. The summed E-state index contributed by atoms with van der Waals surface area (Å²) >= 11 is 0. The zero-order valence-electron chi connectivity index (χ0n) is 25.7. The van der Waals surface area contributed by atoms with Gasteiger partial charge in [0, 0.05) is 5.41 Å². The van der Waals surface area contributed by atoms with Crippen molar-refractivity contribution in [3.63, 3.8) is 0 Å². The number of hydrogen-bond acceptors (Lipinski definition) is 0. The van der Waals surface area contributed by atoms with Crippen molar-refractivity contribution in [2.75, 3.05) is 0 Å². The third-order valence-corrected chi connectivity index (χ3v) is 10.6. The average Bonchev–Trinajstić information content (AvgIpc) is 3.39. The molecule has 0 unspecified atom stereocenters. The number of benzene rings is 7. The second-order valence-electron chi connectivity index (χ2n) is 13.3. The lowest BCUT2D eigenvalue weighted by Crippen LogP contribution is -2.40. The molecule has 2 aliphatic carbocycles. The van der Waals surface area contributed by atoms with Crippen molar-refractivity contribution >= 4 is 10.8 Å². The van der Waals surface area contributed by atoms with Gasteiger partial charge in [0.25, 0.3) is 0 Å². The van der Waals surface area contributed by atoms with Gasteiger partial charge in [0.15, 0.2) is 0 Å². The molecule has 214 valence electrons. The van der Waals surface area contributed by atoms with Crippen molar-refractivity contribution < 1.29 is 0 Å². The SMILES string of the molecule is CC1(C)c2ccccc2C2(c3ccc(-c4cccc5ccccc45)cc3-c3c(Cc4ccccc4)cccc32)c2ccccc21. The van der Waals surface area contributed by atoms with Crippen LogP contribution in [0.5, 0.6) is 0 Å². The van der Waals surface area contributed by atoms with Crippen LogP contribution in [-0.4, -0.2) is 0 Å². The molecule has 0 heterocycles. The Morgan fingerprint density at radius 1 is 0.444 bits per heavy atom. The van der Waals surface area contributed by atoms with E-state index in [9.17, 15) is 0 Å². The summed E-state index contributed by atoms with van der Waals surface area (Å²) in [5.41, 5.74) is 15.9. The minimum atomic E-state index is -0.392. The highest BCUT2D eigenvalue weighted by atomic mass is 14.5. The summed E-state index contributed by atoms with van der Waals surface area (Å²) in [4.78, 5) is 0. The number of fused-ring (bicyclic) bond motifs is 10. The lowest BCUT2D eigenvalue weighted by molar-refractivity contribution is 0.563. The third-order valence-electron chi connectivity index (χ3n) is 10.6. The summed E-state index contributed by atoms with van der Waals surface area (Å²) < 4.78 is 0. The highest BCUT2D eigenvalue weighted by Gasteiger charge is 2.53. The normalized spacial score (nSPS) is 14.9. The van der Waals surface area contributed by atoms with E-state index in [1.807, 2.05) is 0 Å². The lowest BCUT2D eigenvalue weighted by atomic mass is 9.55. The van der Waals surface area contributed by atoms with Crippen molar-refractivity contribution in [3.8, 4) is 22.3 Å². The van der Waals surface area contributed by atoms with Crippen LogP contribution in [0.15, 0.2) is 158 Å². The van der Waals surface area contributed by atoms with Gasteiger partial charge in [-0.3, -0.25) is 0 Å². The molecule has 0 aromatic heterocycles. The third kappa shape index (κ3) is 3.60. The van der Waals surface area contributed by atoms with E-state index < -0.39 is 5.41 Å². The van der Waals surface area contributed by atoms with Gasteiger partial charge < -0.3 is 0 Å². The fraction of sp³-hybridized carbons (Fsp3) is 0.111. The van der Waals surface area contributed by atoms with Crippen LogP contribution in [0, 0.1) is 0 Å². The fourth-order valence-corrected chi connectivity index (χ4v) is 8.64. The molecule has 7 aromatic carbocycles.